The van der Waals surface area contributed by atoms with Crippen LogP contribution in [0.1, 0.15) is 25.5 Å². The SMILES string of the molecule is CNC(C)c1ccc(N(C)C(C)CSC)cc1O. The van der Waals surface area contributed by atoms with Crippen molar-refractivity contribution in [2.24, 2.45) is 0 Å². The van der Waals surface area contributed by atoms with Crippen LogP contribution >= 0.6 is 11.8 Å². The summed E-state index contributed by atoms with van der Waals surface area (Å²) in [6.07, 6.45) is 2.11. The molecular formula is C14H24N2OS. The van der Waals surface area contributed by atoms with Gasteiger partial charge < -0.3 is 15.3 Å². The Morgan fingerprint density at radius 3 is 2.56 bits per heavy atom. The zero-order valence-corrected chi connectivity index (χ0v) is 12.7. The van der Waals surface area contributed by atoms with Gasteiger partial charge in [-0.25, -0.2) is 0 Å². The highest BCUT2D eigenvalue weighted by atomic mass is 32.2. The molecule has 0 aliphatic heterocycles. The maximum absolute atomic E-state index is 10.1. The summed E-state index contributed by atoms with van der Waals surface area (Å²) in [5.41, 5.74) is 1.99. The quantitative estimate of drug-likeness (QED) is 0.831. The number of benzene rings is 1. The molecule has 4 heteroatoms. The van der Waals surface area contributed by atoms with E-state index < -0.39 is 0 Å². The number of phenols is 1. The monoisotopic (exact) mass is 268 g/mol. The number of aromatic hydroxyl groups is 1. The zero-order valence-electron chi connectivity index (χ0n) is 11.9. The summed E-state index contributed by atoms with van der Waals surface area (Å²) < 4.78 is 0. The number of nitrogens with zero attached hydrogens (tertiary/aromatic N) is 1. The van der Waals surface area contributed by atoms with E-state index in [-0.39, 0.29) is 6.04 Å². The normalized spacial score (nSPS) is 14.3. The van der Waals surface area contributed by atoms with Crippen LogP contribution in [0, 0.1) is 0 Å². The molecule has 0 radical (unpaired) electrons. The van der Waals surface area contributed by atoms with Gasteiger partial charge in [0.2, 0.25) is 0 Å². The Hall–Kier alpha value is -0.870. The molecule has 2 atom stereocenters. The Kier molecular flexibility index (Phi) is 5.82. The van der Waals surface area contributed by atoms with Crippen molar-refractivity contribution in [3.8, 4) is 5.75 Å². The molecule has 1 aromatic rings. The van der Waals surface area contributed by atoms with Gasteiger partial charge in [-0.1, -0.05) is 6.07 Å². The molecule has 0 saturated heterocycles. The molecular weight excluding hydrogens is 244 g/mol. The Morgan fingerprint density at radius 1 is 1.39 bits per heavy atom. The van der Waals surface area contributed by atoms with Crippen molar-refractivity contribution in [1.82, 2.24) is 5.32 Å². The van der Waals surface area contributed by atoms with Gasteiger partial charge in [-0.15, -0.1) is 0 Å². The first kappa shape index (κ1) is 15.2. The molecule has 1 rings (SSSR count). The van der Waals surface area contributed by atoms with Crippen molar-refractivity contribution < 1.29 is 5.11 Å². The van der Waals surface area contributed by atoms with Crippen LogP contribution in [-0.2, 0) is 0 Å². The van der Waals surface area contributed by atoms with Crippen molar-refractivity contribution in [3.05, 3.63) is 23.8 Å². The van der Waals surface area contributed by atoms with E-state index in [1.165, 1.54) is 0 Å². The minimum Gasteiger partial charge on any atom is -0.508 e. The predicted molar refractivity (Wildman–Crippen MR) is 81.8 cm³/mol. The van der Waals surface area contributed by atoms with E-state index in [0.29, 0.717) is 11.8 Å². The van der Waals surface area contributed by atoms with Crippen LogP contribution < -0.4 is 10.2 Å². The zero-order chi connectivity index (χ0) is 13.7. The maximum atomic E-state index is 10.1. The smallest absolute Gasteiger partial charge is 0.122 e. The highest BCUT2D eigenvalue weighted by molar-refractivity contribution is 7.98. The lowest BCUT2D eigenvalue weighted by atomic mass is 10.1. The van der Waals surface area contributed by atoms with Crippen molar-refractivity contribution >= 4 is 17.4 Å². The fourth-order valence-electron chi connectivity index (χ4n) is 1.88. The summed E-state index contributed by atoms with van der Waals surface area (Å²) in [6.45, 7) is 4.23. The van der Waals surface area contributed by atoms with Crippen molar-refractivity contribution in [2.75, 3.05) is 31.0 Å². The summed E-state index contributed by atoms with van der Waals surface area (Å²) in [4.78, 5) is 2.20. The number of phenolic OH excluding ortho intramolecular Hbond substituents is 1. The van der Waals surface area contributed by atoms with E-state index in [2.05, 4.69) is 36.5 Å². The van der Waals surface area contributed by atoms with Crippen LogP contribution in [0.3, 0.4) is 0 Å². The van der Waals surface area contributed by atoms with E-state index in [1.807, 2.05) is 37.9 Å². The second-order valence-electron chi connectivity index (χ2n) is 4.67. The molecule has 2 unspecified atom stereocenters. The molecule has 0 spiro atoms. The topological polar surface area (TPSA) is 35.5 Å². The maximum Gasteiger partial charge on any atom is 0.122 e. The minimum atomic E-state index is 0.160. The number of hydrogen-bond acceptors (Lipinski definition) is 4. The van der Waals surface area contributed by atoms with Gasteiger partial charge in [-0.05, 0) is 33.2 Å². The van der Waals surface area contributed by atoms with Gasteiger partial charge in [-0.2, -0.15) is 11.8 Å². The van der Waals surface area contributed by atoms with E-state index in [0.717, 1.165) is 17.0 Å². The van der Waals surface area contributed by atoms with Crippen molar-refractivity contribution in [2.45, 2.75) is 25.9 Å². The van der Waals surface area contributed by atoms with E-state index in [4.69, 9.17) is 0 Å². The average Bonchev–Trinajstić information content (AvgIpc) is 2.37. The van der Waals surface area contributed by atoms with Gasteiger partial charge in [0.15, 0.2) is 0 Å². The van der Waals surface area contributed by atoms with Crippen LogP contribution in [0.15, 0.2) is 18.2 Å². The van der Waals surface area contributed by atoms with Gasteiger partial charge in [0.25, 0.3) is 0 Å². The first-order valence-corrected chi connectivity index (χ1v) is 7.62. The molecule has 3 nitrogen and oxygen atoms in total. The van der Waals surface area contributed by atoms with E-state index >= 15 is 0 Å². The van der Waals surface area contributed by atoms with Crippen molar-refractivity contribution in [1.29, 1.82) is 0 Å². The van der Waals surface area contributed by atoms with Crippen LogP contribution in [-0.4, -0.2) is 37.3 Å². The van der Waals surface area contributed by atoms with Gasteiger partial charge in [0, 0.05) is 42.2 Å². The lowest BCUT2D eigenvalue weighted by Crippen LogP contribution is -2.30. The average molecular weight is 268 g/mol. The van der Waals surface area contributed by atoms with Gasteiger partial charge in [-0.3, -0.25) is 0 Å². The second kappa shape index (κ2) is 6.90. The standard InChI is InChI=1S/C14H24N2OS/c1-10(9-18-5)16(4)12-6-7-13(11(2)15-3)14(17)8-12/h6-8,10-11,15,17H,9H2,1-5H3. The first-order valence-electron chi connectivity index (χ1n) is 6.23. The summed E-state index contributed by atoms with van der Waals surface area (Å²) in [5, 5.41) is 13.2. The molecule has 0 saturated carbocycles. The van der Waals surface area contributed by atoms with Crippen LogP contribution in [0.4, 0.5) is 5.69 Å². The van der Waals surface area contributed by atoms with Crippen molar-refractivity contribution in [3.63, 3.8) is 0 Å². The third-order valence-corrected chi connectivity index (χ3v) is 4.21. The van der Waals surface area contributed by atoms with Gasteiger partial charge in [0.05, 0.1) is 0 Å². The molecule has 2 N–H and O–H groups in total. The Labute approximate surface area is 115 Å². The molecule has 102 valence electrons. The van der Waals surface area contributed by atoms with Crippen LogP contribution in [0.5, 0.6) is 5.75 Å². The number of thioether (sulfide) groups is 1. The highest BCUT2D eigenvalue weighted by Gasteiger charge is 2.13. The van der Waals surface area contributed by atoms with E-state index in [9.17, 15) is 5.11 Å². The molecule has 0 heterocycles. The summed E-state index contributed by atoms with van der Waals surface area (Å²) in [5.74, 6) is 1.43. The Bertz CT molecular complexity index is 384. The summed E-state index contributed by atoms with van der Waals surface area (Å²) >= 11 is 1.83. The molecule has 0 aliphatic carbocycles. The third kappa shape index (κ3) is 3.56. The third-order valence-electron chi connectivity index (χ3n) is 3.39. The fourth-order valence-corrected chi connectivity index (χ4v) is 2.59. The largest absolute Gasteiger partial charge is 0.508 e. The van der Waals surface area contributed by atoms with Crippen LogP contribution in [0.2, 0.25) is 0 Å². The summed E-state index contributed by atoms with van der Waals surface area (Å²) in [7, 11) is 3.96. The molecule has 1 aromatic carbocycles. The highest BCUT2D eigenvalue weighted by Crippen LogP contribution is 2.29. The predicted octanol–water partition coefficient (Wildman–Crippen LogP) is 2.86. The molecule has 0 aliphatic rings. The Balaban J connectivity index is 2.90. The molecule has 0 aromatic heterocycles. The number of nitrogens with one attached hydrogen (secondary N) is 1. The fraction of sp³-hybridized carbons (Fsp3) is 0.571. The van der Waals surface area contributed by atoms with Gasteiger partial charge >= 0.3 is 0 Å². The lowest BCUT2D eigenvalue weighted by molar-refractivity contribution is 0.458. The van der Waals surface area contributed by atoms with E-state index in [1.54, 1.807) is 0 Å². The molecule has 0 bridgehead atoms. The molecule has 0 amide bonds. The number of hydrogen-bond donors (Lipinski definition) is 2. The second-order valence-corrected chi connectivity index (χ2v) is 5.58. The molecule has 0 fully saturated rings. The number of rotatable bonds is 6. The Morgan fingerprint density at radius 2 is 2.06 bits per heavy atom. The number of anilines is 1. The van der Waals surface area contributed by atoms with Gasteiger partial charge in [0.1, 0.15) is 5.75 Å². The minimum absolute atomic E-state index is 0.160. The lowest BCUT2D eigenvalue weighted by Gasteiger charge is -2.27. The van der Waals surface area contributed by atoms with Crippen LogP contribution in [0.25, 0.3) is 0 Å². The summed E-state index contributed by atoms with van der Waals surface area (Å²) in [6, 6.07) is 6.52. The first-order chi connectivity index (χ1) is 8.51. The molecule has 18 heavy (non-hydrogen) atoms.